The van der Waals surface area contributed by atoms with E-state index >= 15 is 0 Å². The van der Waals surface area contributed by atoms with Crippen LogP contribution in [0.2, 0.25) is 0 Å². The zero-order valence-electron chi connectivity index (χ0n) is 9.86. The van der Waals surface area contributed by atoms with Gasteiger partial charge in [0.1, 0.15) is 0 Å². The fourth-order valence-corrected chi connectivity index (χ4v) is 2.49. The van der Waals surface area contributed by atoms with Crippen molar-refractivity contribution in [3.05, 3.63) is 48.0 Å². The number of benzene rings is 2. The molecule has 2 heteroatoms. The Hall–Kier alpha value is -1.38. The third kappa shape index (κ3) is 2.33. The Morgan fingerprint density at radius 3 is 2.88 bits per heavy atom. The third-order valence-electron chi connectivity index (χ3n) is 3.34. The first kappa shape index (κ1) is 10.8. The molecule has 2 aromatic rings. The molecule has 0 spiro atoms. The smallest absolute Gasteiger partial charge is 0.0623 e. The summed E-state index contributed by atoms with van der Waals surface area (Å²) >= 11 is 0. The molecular weight excluding hydrogens is 210 g/mol. The highest BCUT2D eigenvalue weighted by Crippen LogP contribution is 2.20. The van der Waals surface area contributed by atoms with Gasteiger partial charge in [0.25, 0.3) is 0 Å². The quantitative estimate of drug-likeness (QED) is 0.850. The molecule has 2 aromatic carbocycles. The number of hydrogen-bond donors (Lipinski definition) is 1. The van der Waals surface area contributed by atoms with Crippen LogP contribution in [0.15, 0.2) is 42.5 Å². The predicted molar refractivity (Wildman–Crippen MR) is 70.3 cm³/mol. The van der Waals surface area contributed by atoms with Crippen molar-refractivity contribution in [2.24, 2.45) is 0 Å². The fraction of sp³-hybridized carbons (Fsp3) is 0.333. The van der Waals surface area contributed by atoms with Gasteiger partial charge in [-0.05, 0) is 22.8 Å². The van der Waals surface area contributed by atoms with E-state index in [9.17, 15) is 0 Å². The van der Waals surface area contributed by atoms with Crippen LogP contribution < -0.4 is 5.32 Å². The van der Waals surface area contributed by atoms with Gasteiger partial charge in [0.2, 0.25) is 0 Å². The first-order valence-electron chi connectivity index (χ1n) is 6.21. The lowest BCUT2D eigenvalue weighted by atomic mass is 9.99. The van der Waals surface area contributed by atoms with E-state index in [-0.39, 0.29) is 0 Å². The number of nitrogens with one attached hydrogen (secondary N) is 1. The lowest BCUT2D eigenvalue weighted by Gasteiger charge is -2.24. The molecule has 17 heavy (non-hydrogen) atoms. The first-order valence-corrected chi connectivity index (χ1v) is 6.21. The highest BCUT2D eigenvalue weighted by molar-refractivity contribution is 5.85. The van der Waals surface area contributed by atoms with Crippen LogP contribution in [0.5, 0.6) is 0 Å². The Kier molecular flexibility index (Phi) is 3.08. The highest BCUT2D eigenvalue weighted by Gasteiger charge is 2.14. The molecule has 0 amide bonds. The van der Waals surface area contributed by atoms with E-state index in [0.717, 1.165) is 26.2 Å². The van der Waals surface area contributed by atoms with Crippen molar-refractivity contribution in [1.29, 1.82) is 0 Å². The van der Waals surface area contributed by atoms with E-state index in [1.807, 2.05) is 0 Å². The van der Waals surface area contributed by atoms with Gasteiger partial charge in [0.15, 0.2) is 0 Å². The summed E-state index contributed by atoms with van der Waals surface area (Å²) in [6.45, 7) is 2.63. The van der Waals surface area contributed by atoms with Crippen molar-refractivity contribution in [2.45, 2.75) is 12.5 Å². The summed E-state index contributed by atoms with van der Waals surface area (Å²) in [5.74, 6) is 0. The number of hydrogen-bond acceptors (Lipinski definition) is 2. The molecular formula is C15H17NO. The second kappa shape index (κ2) is 4.86. The maximum absolute atomic E-state index is 5.50. The summed E-state index contributed by atoms with van der Waals surface area (Å²) in [6, 6.07) is 15.6. The molecule has 2 nitrogen and oxygen atoms in total. The number of morpholine rings is 1. The first-order chi connectivity index (χ1) is 8.43. The minimum Gasteiger partial charge on any atom is -0.379 e. The van der Waals surface area contributed by atoms with Gasteiger partial charge in [-0.15, -0.1) is 0 Å². The van der Waals surface area contributed by atoms with Crippen molar-refractivity contribution >= 4 is 10.8 Å². The van der Waals surface area contributed by atoms with E-state index in [4.69, 9.17) is 4.74 Å². The van der Waals surface area contributed by atoms with Gasteiger partial charge in [-0.25, -0.2) is 0 Å². The topological polar surface area (TPSA) is 21.3 Å². The van der Waals surface area contributed by atoms with E-state index in [2.05, 4.69) is 47.8 Å². The predicted octanol–water partition coefficient (Wildman–Crippen LogP) is 2.37. The number of fused-ring (bicyclic) bond motifs is 1. The summed E-state index contributed by atoms with van der Waals surface area (Å²) in [5, 5.41) is 6.19. The summed E-state index contributed by atoms with van der Waals surface area (Å²) in [7, 11) is 0. The highest BCUT2D eigenvalue weighted by atomic mass is 16.5. The molecule has 0 aromatic heterocycles. The van der Waals surface area contributed by atoms with E-state index in [1.54, 1.807) is 0 Å². The number of rotatable bonds is 2. The largest absolute Gasteiger partial charge is 0.379 e. The molecule has 1 unspecified atom stereocenters. The SMILES string of the molecule is c1ccc2c(CC3COCCN3)cccc2c1. The average Bonchev–Trinajstić information content (AvgIpc) is 2.40. The molecule has 1 saturated heterocycles. The molecule has 1 fully saturated rings. The van der Waals surface area contributed by atoms with Gasteiger partial charge < -0.3 is 10.1 Å². The van der Waals surface area contributed by atoms with Crippen LogP contribution in [0.25, 0.3) is 10.8 Å². The summed E-state index contributed by atoms with van der Waals surface area (Å²) in [4.78, 5) is 0. The van der Waals surface area contributed by atoms with Gasteiger partial charge in [-0.1, -0.05) is 42.5 Å². The Balaban J connectivity index is 1.89. The monoisotopic (exact) mass is 227 g/mol. The molecule has 88 valence electrons. The normalized spacial score (nSPS) is 20.6. The van der Waals surface area contributed by atoms with E-state index in [0.29, 0.717) is 6.04 Å². The van der Waals surface area contributed by atoms with Crippen molar-refractivity contribution in [2.75, 3.05) is 19.8 Å². The summed E-state index contributed by atoms with van der Waals surface area (Å²) in [5.41, 5.74) is 1.41. The summed E-state index contributed by atoms with van der Waals surface area (Å²) in [6.07, 6.45) is 1.04. The standard InChI is InChI=1S/C15H17NO/c1-2-7-15-12(4-1)5-3-6-13(15)10-14-11-17-9-8-16-14/h1-7,14,16H,8-11H2. The van der Waals surface area contributed by atoms with Crippen molar-refractivity contribution in [1.82, 2.24) is 5.32 Å². The Labute approximate surface area is 102 Å². The Morgan fingerprint density at radius 1 is 1.12 bits per heavy atom. The lowest BCUT2D eigenvalue weighted by molar-refractivity contribution is 0.0771. The minimum atomic E-state index is 0.453. The van der Waals surface area contributed by atoms with Crippen LogP contribution in [0.1, 0.15) is 5.56 Å². The molecule has 0 aliphatic carbocycles. The van der Waals surface area contributed by atoms with Crippen LogP contribution in [0, 0.1) is 0 Å². The van der Waals surface area contributed by atoms with Gasteiger partial charge >= 0.3 is 0 Å². The van der Waals surface area contributed by atoms with Gasteiger partial charge in [0, 0.05) is 12.6 Å². The Morgan fingerprint density at radius 2 is 2.00 bits per heavy atom. The van der Waals surface area contributed by atoms with Crippen LogP contribution in [0.3, 0.4) is 0 Å². The molecule has 1 N–H and O–H groups in total. The van der Waals surface area contributed by atoms with Crippen molar-refractivity contribution < 1.29 is 4.74 Å². The maximum atomic E-state index is 5.50. The van der Waals surface area contributed by atoms with Crippen LogP contribution in [0.4, 0.5) is 0 Å². The minimum absolute atomic E-state index is 0.453. The van der Waals surface area contributed by atoms with Crippen molar-refractivity contribution in [3.63, 3.8) is 0 Å². The van der Waals surface area contributed by atoms with Crippen molar-refractivity contribution in [3.8, 4) is 0 Å². The average molecular weight is 227 g/mol. The lowest BCUT2D eigenvalue weighted by Crippen LogP contribution is -2.42. The molecule has 0 radical (unpaired) electrons. The second-order valence-corrected chi connectivity index (χ2v) is 4.57. The molecule has 0 bridgehead atoms. The van der Waals surface area contributed by atoms with Crippen LogP contribution >= 0.6 is 0 Å². The van der Waals surface area contributed by atoms with Crippen LogP contribution in [-0.4, -0.2) is 25.8 Å². The third-order valence-corrected chi connectivity index (χ3v) is 3.34. The second-order valence-electron chi connectivity index (χ2n) is 4.57. The van der Waals surface area contributed by atoms with E-state index in [1.165, 1.54) is 16.3 Å². The fourth-order valence-electron chi connectivity index (χ4n) is 2.49. The number of ether oxygens (including phenoxy) is 1. The molecule has 1 aliphatic rings. The van der Waals surface area contributed by atoms with E-state index < -0.39 is 0 Å². The molecule has 3 rings (SSSR count). The zero-order valence-corrected chi connectivity index (χ0v) is 9.86. The molecule has 0 saturated carbocycles. The molecule has 1 aliphatic heterocycles. The summed E-state index contributed by atoms with van der Waals surface area (Å²) < 4.78 is 5.50. The molecule has 1 heterocycles. The van der Waals surface area contributed by atoms with Crippen LogP contribution in [-0.2, 0) is 11.2 Å². The zero-order chi connectivity index (χ0) is 11.5. The molecule has 1 atom stereocenters. The van der Waals surface area contributed by atoms with Gasteiger partial charge in [-0.3, -0.25) is 0 Å². The maximum Gasteiger partial charge on any atom is 0.0623 e. The van der Waals surface area contributed by atoms with Gasteiger partial charge in [0.05, 0.1) is 13.2 Å². The van der Waals surface area contributed by atoms with Gasteiger partial charge in [-0.2, -0.15) is 0 Å². The Bertz CT molecular complexity index is 498.